The van der Waals surface area contributed by atoms with Crippen LogP contribution in [0.3, 0.4) is 0 Å². The van der Waals surface area contributed by atoms with Gasteiger partial charge in [-0.25, -0.2) is 9.78 Å². The van der Waals surface area contributed by atoms with Crippen molar-refractivity contribution in [1.82, 2.24) is 9.38 Å². The zero-order valence-electron chi connectivity index (χ0n) is 17.4. The number of aromatic nitrogens is 2. The molecule has 0 N–H and O–H groups in total. The number of rotatable bonds is 5. The molecule has 152 valence electrons. The second-order valence-corrected chi connectivity index (χ2v) is 8.17. The average molecular weight is 394 g/mol. The van der Waals surface area contributed by atoms with Gasteiger partial charge in [0.25, 0.3) is 5.56 Å². The van der Waals surface area contributed by atoms with Gasteiger partial charge in [0.05, 0.1) is 5.69 Å². The lowest BCUT2D eigenvalue weighted by molar-refractivity contribution is -0.152. The smallest absolute Gasteiger partial charge is 0.347 e. The van der Waals surface area contributed by atoms with Crippen LogP contribution >= 0.6 is 0 Å². The van der Waals surface area contributed by atoms with Crippen molar-refractivity contribution in [3.63, 3.8) is 0 Å². The van der Waals surface area contributed by atoms with Gasteiger partial charge in [0.1, 0.15) is 18.0 Å². The Morgan fingerprint density at radius 1 is 1.17 bits per heavy atom. The topological polar surface area (TPSA) is 69.9 Å². The maximum Gasteiger partial charge on any atom is 0.347 e. The Morgan fingerprint density at radius 3 is 2.66 bits per heavy atom. The fourth-order valence-electron chi connectivity index (χ4n) is 2.88. The monoisotopic (exact) mass is 394 g/mol. The van der Waals surface area contributed by atoms with E-state index in [2.05, 4.69) is 25.8 Å². The summed E-state index contributed by atoms with van der Waals surface area (Å²) in [5, 5.41) is 0. The fraction of sp³-hybridized carbons (Fsp3) is 0.348. The highest BCUT2D eigenvalue weighted by Crippen LogP contribution is 2.26. The lowest BCUT2D eigenvalue weighted by Crippen LogP contribution is -2.26. The molecule has 0 aliphatic heterocycles. The molecule has 2 heterocycles. The van der Waals surface area contributed by atoms with E-state index >= 15 is 0 Å². The summed E-state index contributed by atoms with van der Waals surface area (Å²) in [5.74, 6) is 0.0939. The molecule has 2 aromatic heterocycles. The molecular formula is C23H26N2O4. The van der Waals surface area contributed by atoms with E-state index in [0.29, 0.717) is 17.1 Å². The number of carbonyl (C=O) groups excluding carboxylic acids is 1. The Bertz CT molecular complexity index is 1100. The van der Waals surface area contributed by atoms with Gasteiger partial charge >= 0.3 is 5.97 Å². The van der Waals surface area contributed by atoms with Gasteiger partial charge in [-0.15, -0.1) is 0 Å². The number of ether oxygens (including phenoxy) is 2. The molecule has 0 unspecified atom stereocenters. The molecule has 0 aliphatic rings. The van der Waals surface area contributed by atoms with Gasteiger partial charge in [0, 0.05) is 12.3 Å². The first-order valence-corrected chi connectivity index (χ1v) is 9.56. The van der Waals surface area contributed by atoms with Crippen LogP contribution < -0.4 is 10.3 Å². The molecule has 3 rings (SSSR count). The first-order chi connectivity index (χ1) is 13.6. The fourth-order valence-corrected chi connectivity index (χ4v) is 2.88. The maximum atomic E-state index is 12.3. The van der Waals surface area contributed by atoms with Gasteiger partial charge in [0.15, 0.2) is 6.10 Å². The van der Waals surface area contributed by atoms with Crippen LogP contribution in [0.15, 0.2) is 53.5 Å². The summed E-state index contributed by atoms with van der Waals surface area (Å²) in [6.45, 7) is 9.80. The normalized spacial score (nSPS) is 12.6. The quantitative estimate of drug-likeness (QED) is 0.616. The highest BCUT2D eigenvalue weighted by atomic mass is 16.6. The SMILES string of the molecule is Cc1ccc2nc(COC(=O)[C@H](C)Oc3cccc(C(C)(C)C)c3)cc(=O)n2c1. The summed E-state index contributed by atoms with van der Waals surface area (Å²) < 4.78 is 12.5. The minimum atomic E-state index is -0.783. The van der Waals surface area contributed by atoms with Crippen molar-refractivity contribution < 1.29 is 14.3 Å². The van der Waals surface area contributed by atoms with Crippen LogP contribution in [0.25, 0.3) is 5.65 Å². The summed E-state index contributed by atoms with van der Waals surface area (Å²) in [7, 11) is 0. The maximum absolute atomic E-state index is 12.3. The summed E-state index contributed by atoms with van der Waals surface area (Å²) in [4.78, 5) is 29.0. The van der Waals surface area contributed by atoms with Crippen LogP contribution in [0, 0.1) is 6.92 Å². The van der Waals surface area contributed by atoms with Crippen molar-refractivity contribution in [1.29, 1.82) is 0 Å². The molecule has 6 nitrogen and oxygen atoms in total. The molecule has 0 bridgehead atoms. The van der Waals surface area contributed by atoms with E-state index in [1.165, 1.54) is 10.5 Å². The molecule has 0 fully saturated rings. The molecule has 3 aromatic rings. The lowest BCUT2D eigenvalue weighted by atomic mass is 9.87. The first kappa shape index (κ1) is 20.6. The molecule has 6 heteroatoms. The molecule has 0 aliphatic carbocycles. The van der Waals surface area contributed by atoms with Crippen molar-refractivity contribution in [2.75, 3.05) is 0 Å². The van der Waals surface area contributed by atoms with Crippen LogP contribution in [0.5, 0.6) is 5.75 Å². The number of benzene rings is 1. The van der Waals surface area contributed by atoms with Crippen LogP contribution in [-0.4, -0.2) is 21.5 Å². The number of nitrogens with zero attached hydrogens (tertiary/aromatic N) is 2. The van der Waals surface area contributed by atoms with Crippen molar-refractivity contribution in [3.05, 3.63) is 75.8 Å². The first-order valence-electron chi connectivity index (χ1n) is 9.56. The Labute approximate surface area is 170 Å². The third-order valence-corrected chi connectivity index (χ3v) is 4.57. The third kappa shape index (κ3) is 5.02. The largest absolute Gasteiger partial charge is 0.479 e. The molecule has 1 atom stereocenters. The van der Waals surface area contributed by atoms with Crippen molar-refractivity contribution in [3.8, 4) is 5.75 Å². The van der Waals surface area contributed by atoms with Crippen molar-refractivity contribution in [2.45, 2.75) is 52.7 Å². The number of aryl methyl sites for hydroxylation is 1. The minimum Gasteiger partial charge on any atom is -0.479 e. The zero-order chi connectivity index (χ0) is 21.2. The van der Waals surface area contributed by atoms with E-state index in [0.717, 1.165) is 11.1 Å². The van der Waals surface area contributed by atoms with Gasteiger partial charge in [0.2, 0.25) is 0 Å². The lowest BCUT2D eigenvalue weighted by Gasteiger charge is -2.20. The molecule has 0 saturated carbocycles. The Balaban J connectivity index is 1.66. The second-order valence-electron chi connectivity index (χ2n) is 8.17. The minimum absolute atomic E-state index is 0.0164. The summed E-state index contributed by atoms with van der Waals surface area (Å²) in [6.07, 6.45) is 0.941. The highest BCUT2D eigenvalue weighted by molar-refractivity contribution is 5.74. The van der Waals surface area contributed by atoms with Crippen LogP contribution in [0.4, 0.5) is 0 Å². The van der Waals surface area contributed by atoms with Gasteiger partial charge in [-0.3, -0.25) is 9.20 Å². The Hall–Kier alpha value is -3.15. The predicted octanol–water partition coefficient (Wildman–Crippen LogP) is 3.81. The number of pyridine rings is 1. The third-order valence-electron chi connectivity index (χ3n) is 4.57. The Kier molecular flexibility index (Phi) is 5.73. The van der Waals surface area contributed by atoms with Gasteiger partial charge in [-0.05, 0) is 48.6 Å². The molecule has 0 radical (unpaired) electrons. The van der Waals surface area contributed by atoms with Crippen LogP contribution in [-0.2, 0) is 21.6 Å². The van der Waals surface area contributed by atoms with E-state index in [1.807, 2.05) is 37.3 Å². The molecule has 0 saturated heterocycles. The molecule has 29 heavy (non-hydrogen) atoms. The number of esters is 1. The van der Waals surface area contributed by atoms with Crippen molar-refractivity contribution in [2.24, 2.45) is 0 Å². The summed E-state index contributed by atoms with van der Waals surface area (Å²) >= 11 is 0. The second kappa shape index (κ2) is 8.07. The number of fused-ring (bicyclic) bond motifs is 1. The van der Waals surface area contributed by atoms with Gasteiger partial charge in [-0.1, -0.05) is 39.0 Å². The van der Waals surface area contributed by atoms with Crippen molar-refractivity contribution >= 4 is 11.6 Å². The number of hydrogen-bond acceptors (Lipinski definition) is 5. The van der Waals surface area contributed by atoms with Gasteiger partial charge in [-0.2, -0.15) is 0 Å². The van der Waals surface area contributed by atoms with E-state index in [9.17, 15) is 9.59 Å². The standard InChI is InChI=1S/C23H26N2O4/c1-15-9-10-20-24-18(12-21(26)25(20)13-15)14-28-22(27)16(2)29-19-8-6-7-17(11-19)23(3,4)5/h6-13,16H,14H2,1-5H3/t16-/m0/s1. The predicted molar refractivity (Wildman–Crippen MR) is 111 cm³/mol. The summed E-state index contributed by atoms with van der Waals surface area (Å²) in [6, 6.07) is 12.7. The van der Waals surface area contributed by atoms with E-state index < -0.39 is 12.1 Å². The highest BCUT2D eigenvalue weighted by Gasteiger charge is 2.19. The average Bonchev–Trinajstić information content (AvgIpc) is 2.66. The summed E-state index contributed by atoms with van der Waals surface area (Å²) in [5.41, 5.74) is 2.76. The Morgan fingerprint density at radius 2 is 1.93 bits per heavy atom. The molecule has 0 spiro atoms. The van der Waals surface area contributed by atoms with E-state index in [4.69, 9.17) is 9.47 Å². The van der Waals surface area contributed by atoms with E-state index in [1.54, 1.807) is 19.2 Å². The van der Waals surface area contributed by atoms with E-state index in [-0.39, 0.29) is 17.6 Å². The number of carbonyl (C=O) groups is 1. The molecule has 0 amide bonds. The molecule has 1 aromatic carbocycles. The molecular weight excluding hydrogens is 368 g/mol. The van der Waals surface area contributed by atoms with Crippen LogP contribution in [0.1, 0.15) is 44.5 Å². The zero-order valence-corrected chi connectivity index (χ0v) is 17.4. The van der Waals surface area contributed by atoms with Crippen LogP contribution in [0.2, 0.25) is 0 Å². The van der Waals surface area contributed by atoms with Gasteiger partial charge < -0.3 is 9.47 Å². The number of hydrogen-bond donors (Lipinski definition) is 0.